The van der Waals surface area contributed by atoms with E-state index in [1.165, 1.54) is 15.6 Å². The van der Waals surface area contributed by atoms with Crippen LogP contribution in [-0.2, 0) is 0 Å². The Hall–Kier alpha value is -3.63. The van der Waals surface area contributed by atoms with E-state index in [-0.39, 0.29) is 0 Å². The maximum atomic E-state index is 6.08. The molecule has 2 heterocycles. The molecule has 4 heteroatoms. The summed E-state index contributed by atoms with van der Waals surface area (Å²) in [5, 5.41) is 4.14. The molecule has 6 rings (SSSR count). The van der Waals surface area contributed by atoms with Gasteiger partial charge in [-0.05, 0) is 39.8 Å². The van der Waals surface area contributed by atoms with E-state index in [2.05, 4.69) is 101 Å². The van der Waals surface area contributed by atoms with Crippen LogP contribution < -0.4 is 15.6 Å². The maximum Gasteiger partial charge on any atom is 0.307 e. The maximum absolute atomic E-state index is 6.08. The molecule has 0 atom stereocenters. The van der Waals surface area contributed by atoms with Gasteiger partial charge in [-0.2, -0.15) is 4.98 Å². The van der Waals surface area contributed by atoms with E-state index < -0.39 is 8.07 Å². The summed E-state index contributed by atoms with van der Waals surface area (Å²) in [4.78, 5) is 4.67. The summed E-state index contributed by atoms with van der Waals surface area (Å²) < 4.78 is 8.22. The van der Waals surface area contributed by atoms with Crippen molar-refractivity contribution in [2.75, 3.05) is 0 Å². The Labute approximate surface area is 175 Å². The van der Waals surface area contributed by atoms with Crippen LogP contribution in [0, 0.1) is 0 Å². The van der Waals surface area contributed by atoms with Gasteiger partial charge in [0, 0.05) is 0 Å². The van der Waals surface area contributed by atoms with Gasteiger partial charge in [-0.25, -0.2) is 0 Å². The Morgan fingerprint density at radius 2 is 1.30 bits per heavy atom. The van der Waals surface area contributed by atoms with Crippen LogP contribution in [-0.4, -0.2) is 17.5 Å². The van der Waals surface area contributed by atoms with Crippen molar-refractivity contribution in [2.45, 2.75) is 6.55 Å². The van der Waals surface area contributed by atoms with Crippen LogP contribution in [0.15, 0.2) is 108 Å². The van der Waals surface area contributed by atoms with Gasteiger partial charge in [-0.15, -0.1) is 0 Å². The van der Waals surface area contributed by atoms with Crippen molar-refractivity contribution in [1.82, 2.24) is 9.38 Å². The van der Waals surface area contributed by atoms with E-state index in [0.29, 0.717) is 5.84 Å². The number of hydrogen-bond acceptors (Lipinski definition) is 2. The van der Waals surface area contributed by atoms with Gasteiger partial charge in [0.05, 0.1) is 16.6 Å². The monoisotopic (exact) mass is 404 g/mol. The molecule has 0 spiro atoms. The molecule has 0 unspecified atom stereocenters. The number of aromatic nitrogens is 2. The quantitative estimate of drug-likeness (QED) is 0.325. The molecule has 4 aromatic carbocycles. The molecule has 0 aliphatic rings. The topological polar surface area (TPSA) is 30.4 Å². The smallest absolute Gasteiger partial charge is 0.307 e. The lowest BCUT2D eigenvalue weighted by atomic mass is 10.3. The van der Waals surface area contributed by atoms with E-state index >= 15 is 0 Å². The lowest BCUT2D eigenvalue weighted by molar-refractivity contribution is 0.643. The zero-order chi connectivity index (χ0) is 20.1. The molecule has 144 valence electrons. The van der Waals surface area contributed by atoms with Crippen LogP contribution in [0.25, 0.3) is 28.0 Å². The van der Waals surface area contributed by atoms with Crippen molar-refractivity contribution in [3.8, 4) is 0 Å². The zero-order valence-electron chi connectivity index (χ0n) is 16.6. The Balaban J connectivity index is 1.67. The third-order valence-corrected chi connectivity index (χ3v) is 10.7. The molecule has 6 aromatic rings. The fourth-order valence-corrected chi connectivity index (χ4v) is 8.10. The Kier molecular flexibility index (Phi) is 3.70. The van der Waals surface area contributed by atoms with E-state index in [0.717, 1.165) is 22.1 Å². The fourth-order valence-electron chi connectivity index (χ4n) is 4.54. The average molecular weight is 405 g/mol. The molecule has 0 bridgehead atoms. The second-order valence-corrected chi connectivity index (χ2v) is 11.8. The summed E-state index contributed by atoms with van der Waals surface area (Å²) >= 11 is 0. The first-order chi connectivity index (χ1) is 14.7. The Morgan fingerprint density at radius 1 is 0.667 bits per heavy atom. The van der Waals surface area contributed by atoms with Gasteiger partial charge in [0.2, 0.25) is 0 Å². The van der Waals surface area contributed by atoms with E-state index in [4.69, 9.17) is 4.42 Å². The number of fused-ring (bicyclic) bond motifs is 5. The average Bonchev–Trinajstić information content (AvgIpc) is 3.35. The van der Waals surface area contributed by atoms with Crippen molar-refractivity contribution >= 4 is 51.6 Å². The summed E-state index contributed by atoms with van der Waals surface area (Å²) in [5.74, 6) is 0.645. The van der Waals surface area contributed by atoms with Gasteiger partial charge in [0.1, 0.15) is 8.07 Å². The molecule has 0 fully saturated rings. The van der Waals surface area contributed by atoms with Crippen LogP contribution in [0.5, 0.6) is 0 Å². The van der Waals surface area contributed by atoms with Gasteiger partial charge >= 0.3 is 5.84 Å². The Bertz CT molecular complexity index is 1460. The van der Waals surface area contributed by atoms with Gasteiger partial charge in [-0.1, -0.05) is 85.4 Å². The number of para-hydroxylation sites is 2. The highest BCUT2D eigenvalue weighted by Gasteiger charge is 2.34. The minimum absolute atomic E-state index is 0.645. The lowest BCUT2D eigenvalue weighted by Gasteiger charge is -2.29. The number of rotatable bonds is 3. The molecule has 0 N–H and O–H groups in total. The molecule has 0 radical (unpaired) electrons. The predicted molar refractivity (Wildman–Crippen MR) is 126 cm³/mol. The standard InChI is InChI=1S/C26H20N2OSi/c1-30(19-10-4-2-5-11-19,20-12-6-3-7-13-20)21-16-17-25-24(18-21)28-23-15-9-8-14-22(23)27-26(28)29-25/h2-18H,1H3. The first kappa shape index (κ1) is 17.2. The van der Waals surface area contributed by atoms with Crippen molar-refractivity contribution in [1.29, 1.82) is 0 Å². The summed E-state index contributed by atoms with van der Waals surface area (Å²) in [5.41, 5.74) is 3.96. The van der Waals surface area contributed by atoms with Crippen molar-refractivity contribution in [2.24, 2.45) is 0 Å². The minimum Gasteiger partial charge on any atom is -0.423 e. The summed E-state index contributed by atoms with van der Waals surface area (Å²) in [6.45, 7) is 2.43. The minimum atomic E-state index is -2.18. The van der Waals surface area contributed by atoms with Gasteiger partial charge < -0.3 is 4.42 Å². The molecule has 2 aromatic heterocycles. The van der Waals surface area contributed by atoms with Gasteiger partial charge in [0.25, 0.3) is 0 Å². The predicted octanol–water partition coefficient (Wildman–Crippen LogP) is 4.33. The first-order valence-electron chi connectivity index (χ1n) is 10.2. The van der Waals surface area contributed by atoms with Crippen LogP contribution in [0.3, 0.4) is 0 Å². The summed E-state index contributed by atoms with van der Waals surface area (Å²) in [7, 11) is -2.18. The number of nitrogens with zero attached hydrogens (tertiary/aromatic N) is 2. The van der Waals surface area contributed by atoms with Crippen molar-refractivity contribution < 1.29 is 4.42 Å². The molecular formula is C26H20N2OSi. The second-order valence-electron chi connectivity index (χ2n) is 7.86. The molecule has 0 aliphatic heterocycles. The van der Waals surface area contributed by atoms with Crippen LogP contribution in [0.4, 0.5) is 0 Å². The lowest BCUT2D eigenvalue weighted by Crippen LogP contribution is -2.64. The molecule has 30 heavy (non-hydrogen) atoms. The third kappa shape index (κ3) is 2.41. The van der Waals surface area contributed by atoms with Crippen molar-refractivity contribution in [3.63, 3.8) is 0 Å². The molecule has 0 saturated carbocycles. The molecule has 3 nitrogen and oxygen atoms in total. The van der Waals surface area contributed by atoms with E-state index in [1.807, 2.05) is 18.2 Å². The molecule has 0 amide bonds. The highest BCUT2D eigenvalue weighted by molar-refractivity contribution is 7.10. The number of imidazole rings is 1. The number of benzene rings is 4. The van der Waals surface area contributed by atoms with Crippen LogP contribution in [0.1, 0.15) is 0 Å². The van der Waals surface area contributed by atoms with E-state index in [9.17, 15) is 0 Å². The number of hydrogen-bond donors (Lipinski definition) is 0. The van der Waals surface area contributed by atoms with Crippen LogP contribution >= 0.6 is 0 Å². The molecule has 0 aliphatic carbocycles. The second kappa shape index (κ2) is 6.44. The highest BCUT2D eigenvalue weighted by atomic mass is 28.3. The van der Waals surface area contributed by atoms with Gasteiger partial charge in [0.15, 0.2) is 5.58 Å². The third-order valence-electron chi connectivity index (χ3n) is 6.21. The summed E-state index contributed by atoms with van der Waals surface area (Å²) in [6, 6.07) is 36.6. The van der Waals surface area contributed by atoms with Gasteiger partial charge in [-0.3, -0.25) is 4.40 Å². The zero-order valence-corrected chi connectivity index (χ0v) is 17.6. The normalized spacial score (nSPS) is 12.2. The first-order valence-corrected chi connectivity index (χ1v) is 12.7. The number of oxazole rings is 1. The largest absolute Gasteiger partial charge is 0.423 e. The van der Waals surface area contributed by atoms with E-state index in [1.54, 1.807) is 0 Å². The van der Waals surface area contributed by atoms with Crippen LogP contribution in [0.2, 0.25) is 6.55 Å². The SMILES string of the molecule is C[Si](c1ccccc1)(c1ccccc1)c1ccc2oc3nc4ccccc4n3c2c1. The highest BCUT2D eigenvalue weighted by Crippen LogP contribution is 2.25. The molecule has 0 saturated heterocycles. The van der Waals surface area contributed by atoms with Crippen molar-refractivity contribution in [3.05, 3.63) is 103 Å². The Morgan fingerprint density at radius 3 is 2.00 bits per heavy atom. The fraction of sp³-hybridized carbons (Fsp3) is 0.0385. The molecular weight excluding hydrogens is 384 g/mol. The summed E-state index contributed by atoms with van der Waals surface area (Å²) in [6.07, 6.45) is 0.